The van der Waals surface area contributed by atoms with Crippen LogP contribution in [0.3, 0.4) is 0 Å². The average Bonchev–Trinajstić information content (AvgIpc) is 3.30. The number of halogens is 3. The van der Waals surface area contributed by atoms with Crippen LogP contribution in [0, 0.1) is 23.6 Å². The number of pyridine rings is 1. The van der Waals surface area contributed by atoms with Crippen LogP contribution in [0.25, 0.3) is 0 Å². The van der Waals surface area contributed by atoms with Gasteiger partial charge in [0.15, 0.2) is 5.75 Å². The molecule has 2 aromatic rings. The van der Waals surface area contributed by atoms with Crippen molar-refractivity contribution in [1.82, 2.24) is 9.88 Å². The Bertz CT molecular complexity index is 1170. The largest absolute Gasteiger partial charge is 0.488 e. The van der Waals surface area contributed by atoms with Gasteiger partial charge in [-0.25, -0.2) is 18.2 Å². The van der Waals surface area contributed by atoms with Crippen LogP contribution in [0.2, 0.25) is 0 Å². The molecule has 1 amide bonds. The fraction of sp³-hybridized carbons (Fsp3) is 0.538. The molecular formula is C26H27F3N2O5. The topological polar surface area (TPSA) is 70.1 Å². The number of hydrogen-bond acceptors (Lipinski definition) is 6. The van der Waals surface area contributed by atoms with E-state index >= 15 is 0 Å². The number of ether oxygens (including phenoxy) is 4. The van der Waals surface area contributed by atoms with Gasteiger partial charge < -0.3 is 23.8 Å². The molecule has 1 aromatic carbocycles. The summed E-state index contributed by atoms with van der Waals surface area (Å²) < 4.78 is 63.6. The number of aromatic nitrogens is 1. The number of carbonyl (C=O) groups is 1. The van der Waals surface area contributed by atoms with Crippen molar-refractivity contribution < 1.29 is 36.9 Å². The smallest absolute Gasteiger partial charge is 0.272 e. The van der Waals surface area contributed by atoms with E-state index in [0.29, 0.717) is 43.7 Å². The first kappa shape index (κ1) is 23.5. The van der Waals surface area contributed by atoms with Crippen LogP contribution in [0.15, 0.2) is 36.4 Å². The van der Waals surface area contributed by atoms with Gasteiger partial charge in [-0.05, 0) is 48.6 Å². The highest BCUT2D eigenvalue weighted by atomic mass is 19.3. The molecule has 1 aromatic heterocycles. The molecule has 6 rings (SSSR count). The second kappa shape index (κ2) is 8.62. The number of hydrogen-bond donors (Lipinski definition) is 0. The molecule has 5 atom stereocenters. The summed E-state index contributed by atoms with van der Waals surface area (Å²) in [6.07, 6.45) is 0.936. The predicted octanol–water partition coefficient (Wildman–Crippen LogP) is 4.01. The summed E-state index contributed by atoms with van der Waals surface area (Å²) >= 11 is 0. The fourth-order valence-electron chi connectivity index (χ4n) is 6.05. The van der Waals surface area contributed by atoms with E-state index in [4.69, 9.17) is 18.9 Å². The minimum absolute atomic E-state index is 0.0709. The molecule has 2 aliphatic heterocycles. The lowest BCUT2D eigenvalue weighted by Gasteiger charge is -2.41. The van der Waals surface area contributed by atoms with Crippen molar-refractivity contribution in [2.75, 3.05) is 33.6 Å². The molecule has 2 saturated carbocycles. The highest BCUT2D eigenvalue weighted by molar-refractivity contribution is 5.92. The molecule has 10 heteroatoms. The lowest BCUT2D eigenvalue weighted by molar-refractivity contribution is -0.0441. The maximum Gasteiger partial charge on any atom is 0.272 e. The van der Waals surface area contributed by atoms with E-state index in [9.17, 15) is 18.0 Å². The third-order valence-corrected chi connectivity index (χ3v) is 8.10. The Morgan fingerprint density at radius 2 is 2.03 bits per heavy atom. The van der Waals surface area contributed by atoms with Crippen LogP contribution < -0.4 is 9.47 Å². The Kier molecular flexibility index (Phi) is 5.64. The summed E-state index contributed by atoms with van der Waals surface area (Å²) in [5, 5.41) is 0. The number of piperidine rings is 1. The molecule has 0 bridgehead atoms. The van der Waals surface area contributed by atoms with Gasteiger partial charge in [0.05, 0.1) is 20.3 Å². The number of methoxy groups -OCH3 is 1. The summed E-state index contributed by atoms with van der Waals surface area (Å²) in [4.78, 5) is 19.3. The molecule has 4 fully saturated rings. The number of amides is 1. The highest BCUT2D eigenvalue weighted by Crippen LogP contribution is 2.65. The summed E-state index contributed by atoms with van der Waals surface area (Å²) in [6, 6.07) is 9.48. The maximum absolute atomic E-state index is 13.9. The Morgan fingerprint density at radius 3 is 2.78 bits per heavy atom. The van der Waals surface area contributed by atoms with Gasteiger partial charge >= 0.3 is 0 Å². The molecule has 192 valence electrons. The normalized spacial score (nSPS) is 32.1. The van der Waals surface area contributed by atoms with Crippen LogP contribution in [-0.4, -0.2) is 61.4 Å². The molecule has 0 radical (unpaired) electrons. The third kappa shape index (κ3) is 3.82. The standard InChI is InChI=1S/C26H27F3N2O5/c1-33-23-21(34-13-15-9-18-19(10-15)26(18,28)29)6-5-20(30-23)24(32)31-8-7-25(22(12-31)35-14-36-25)16-3-2-4-17(27)11-16/h2-6,11,15,18-19,22H,7-10,12-14H2,1H3/t15-,18-,19+,22-,25-/m1/s1. The highest BCUT2D eigenvalue weighted by Gasteiger charge is 2.71. The molecule has 0 N–H and O–H groups in total. The summed E-state index contributed by atoms with van der Waals surface area (Å²) in [5.74, 6) is -3.55. The van der Waals surface area contributed by atoms with E-state index in [-0.39, 0.29) is 42.6 Å². The number of nitrogens with zero attached hydrogens (tertiary/aromatic N) is 2. The average molecular weight is 505 g/mol. The van der Waals surface area contributed by atoms with Crippen LogP contribution in [0.1, 0.15) is 35.3 Å². The van der Waals surface area contributed by atoms with Gasteiger partial charge in [0.1, 0.15) is 30.0 Å². The molecule has 0 spiro atoms. The summed E-state index contributed by atoms with van der Waals surface area (Å²) in [7, 11) is 1.44. The molecule has 3 heterocycles. The first-order chi connectivity index (χ1) is 17.3. The predicted molar refractivity (Wildman–Crippen MR) is 120 cm³/mol. The van der Waals surface area contributed by atoms with Crippen molar-refractivity contribution in [3.8, 4) is 11.6 Å². The molecule has 4 aliphatic rings. The van der Waals surface area contributed by atoms with E-state index in [0.717, 1.165) is 0 Å². The fourth-order valence-corrected chi connectivity index (χ4v) is 6.05. The van der Waals surface area contributed by atoms with Crippen molar-refractivity contribution in [2.45, 2.75) is 36.9 Å². The van der Waals surface area contributed by atoms with E-state index in [2.05, 4.69) is 4.98 Å². The minimum Gasteiger partial charge on any atom is -0.488 e. The number of carbonyl (C=O) groups excluding carboxylic acids is 1. The van der Waals surface area contributed by atoms with Gasteiger partial charge in [-0.1, -0.05) is 12.1 Å². The number of rotatable bonds is 6. The molecule has 2 saturated heterocycles. The minimum atomic E-state index is -2.50. The Balaban J connectivity index is 1.11. The zero-order valence-corrected chi connectivity index (χ0v) is 19.8. The van der Waals surface area contributed by atoms with E-state index < -0.39 is 29.5 Å². The van der Waals surface area contributed by atoms with Crippen molar-refractivity contribution in [2.24, 2.45) is 17.8 Å². The first-order valence-corrected chi connectivity index (χ1v) is 12.2. The van der Waals surface area contributed by atoms with E-state index in [1.807, 2.05) is 6.07 Å². The van der Waals surface area contributed by atoms with Gasteiger partial charge in [-0.3, -0.25) is 4.79 Å². The molecule has 2 aliphatic carbocycles. The van der Waals surface area contributed by atoms with Crippen LogP contribution in [0.5, 0.6) is 11.6 Å². The van der Waals surface area contributed by atoms with Gasteiger partial charge in [0.25, 0.3) is 17.7 Å². The number of benzene rings is 1. The number of likely N-dealkylation sites (tertiary alicyclic amines) is 1. The van der Waals surface area contributed by atoms with Crippen LogP contribution in [-0.2, 0) is 15.1 Å². The van der Waals surface area contributed by atoms with Gasteiger partial charge in [-0.2, -0.15) is 0 Å². The Hall–Kier alpha value is -2.85. The quantitative estimate of drug-likeness (QED) is 0.592. The second-order valence-corrected chi connectivity index (χ2v) is 10.1. The Morgan fingerprint density at radius 1 is 1.22 bits per heavy atom. The van der Waals surface area contributed by atoms with Crippen molar-refractivity contribution >= 4 is 5.91 Å². The van der Waals surface area contributed by atoms with Gasteiger partial charge in [0.2, 0.25) is 0 Å². The summed E-state index contributed by atoms with van der Waals surface area (Å²) in [6.45, 7) is 1.03. The van der Waals surface area contributed by atoms with Crippen LogP contribution >= 0.6 is 0 Å². The zero-order valence-electron chi connectivity index (χ0n) is 19.8. The zero-order chi connectivity index (χ0) is 25.1. The van der Waals surface area contributed by atoms with Gasteiger partial charge in [-0.15, -0.1) is 0 Å². The number of alkyl halides is 2. The van der Waals surface area contributed by atoms with Crippen LogP contribution in [0.4, 0.5) is 13.2 Å². The van der Waals surface area contributed by atoms with Crippen molar-refractivity contribution in [3.05, 3.63) is 53.5 Å². The lowest BCUT2D eigenvalue weighted by Crippen LogP contribution is -2.53. The van der Waals surface area contributed by atoms with Crippen molar-refractivity contribution in [1.29, 1.82) is 0 Å². The lowest BCUT2D eigenvalue weighted by atomic mass is 9.82. The molecule has 7 nitrogen and oxygen atoms in total. The SMILES string of the molecule is COc1nc(C(=O)N2CC[C@]3(c4cccc(F)c4)OCO[C@@H]3C2)ccc1OC[C@@H]1C[C@@H]2[C@H](C1)C2(F)F. The summed E-state index contributed by atoms with van der Waals surface area (Å²) in [5.41, 5.74) is 0.0896. The van der Waals surface area contributed by atoms with Crippen molar-refractivity contribution in [3.63, 3.8) is 0 Å². The molecule has 0 unspecified atom stereocenters. The van der Waals surface area contributed by atoms with E-state index in [1.165, 1.54) is 19.2 Å². The molecular weight excluding hydrogens is 477 g/mol. The number of fused-ring (bicyclic) bond motifs is 2. The second-order valence-electron chi connectivity index (χ2n) is 10.1. The van der Waals surface area contributed by atoms with Gasteiger partial charge in [0, 0.05) is 24.8 Å². The third-order valence-electron chi connectivity index (χ3n) is 8.10. The van der Waals surface area contributed by atoms with E-state index in [1.54, 1.807) is 23.1 Å². The first-order valence-electron chi connectivity index (χ1n) is 12.2. The molecule has 36 heavy (non-hydrogen) atoms. The Labute approximate surface area is 206 Å². The monoisotopic (exact) mass is 504 g/mol. The maximum atomic E-state index is 13.9.